The van der Waals surface area contributed by atoms with Gasteiger partial charge in [0.1, 0.15) is 0 Å². The summed E-state index contributed by atoms with van der Waals surface area (Å²) in [5.74, 6) is 0. The molecule has 0 bridgehead atoms. The fraction of sp³-hybridized carbons (Fsp3) is 1.00. The third kappa shape index (κ3) is 6.14. The molecule has 0 spiro atoms. The molecule has 0 amide bonds. The highest BCUT2D eigenvalue weighted by Gasteiger charge is 2.40. The summed E-state index contributed by atoms with van der Waals surface area (Å²) in [4.78, 5) is 0. The molecule has 0 saturated carbocycles. The Kier molecular flexibility index (Phi) is 7.51. The molecule has 0 aromatic carbocycles. The average Bonchev–Trinajstić information content (AvgIpc) is 2.57. The van der Waals surface area contributed by atoms with Gasteiger partial charge in [-0.3, -0.25) is 0 Å². The maximum Gasteiger partial charge on any atom is 0.450 e. The predicted molar refractivity (Wildman–Crippen MR) is 92.3 cm³/mol. The Balaban J connectivity index is 1.61. The van der Waals surface area contributed by atoms with Crippen molar-refractivity contribution in [2.45, 2.75) is 56.7 Å². The molecule has 0 radical (unpaired) electrons. The number of hydrogen-bond acceptors (Lipinski definition) is 7. The van der Waals surface area contributed by atoms with Crippen molar-refractivity contribution in [3.63, 3.8) is 0 Å². The van der Waals surface area contributed by atoms with E-state index in [2.05, 4.69) is 0 Å². The van der Waals surface area contributed by atoms with Gasteiger partial charge in [-0.25, -0.2) is 4.57 Å². The quantitative estimate of drug-likeness (QED) is 0.502. The number of rotatable bonds is 6. The summed E-state index contributed by atoms with van der Waals surface area (Å²) in [7, 11) is -9.54. The van der Waals surface area contributed by atoms with Gasteiger partial charge in [-0.2, -0.15) is 0 Å². The smallest absolute Gasteiger partial charge is 0.396 e. The summed E-state index contributed by atoms with van der Waals surface area (Å²) in [6.07, 6.45) is 6.31. The Labute approximate surface area is 143 Å². The van der Waals surface area contributed by atoms with Crippen molar-refractivity contribution in [2.24, 2.45) is 0 Å². The van der Waals surface area contributed by atoms with Crippen LogP contribution in [0.25, 0.3) is 0 Å². The van der Waals surface area contributed by atoms with Crippen LogP contribution in [0.1, 0.15) is 38.5 Å². The fourth-order valence-electron chi connectivity index (χ4n) is 2.89. The maximum absolute atomic E-state index is 13.2. The van der Waals surface area contributed by atoms with Crippen molar-refractivity contribution in [1.82, 2.24) is 0 Å². The lowest BCUT2D eigenvalue weighted by molar-refractivity contribution is 0.168. The molecule has 0 aliphatic carbocycles. The van der Waals surface area contributed by atoms with Gasteiger partial charge in [0.2, 0.25) is 0 Å². The minimum atomic E-state index is -3.61. The summed E-state index contributed by atoms with van der Waals surface area (Å²) in [6, 6.07) is 2.57. The second-order valence-corrected chi connectivity index (χ2v) is 14.9. The maximum atomic E-state index is 13.2. The molecule has 3 rings (SSSR count). The second-order valence-electron chi connectivity index (χ2n) is 6.15. The van der Waals surface area contributed by atoms with Crippen LogP contribution in [0.5, 0.6) is 0 Å². The van der Waals surface area contributed by atoms with Crippen LogP contribution in [0.2, 0.25) is 18.1 Å². The first-order valence-corrected chi connectivity index (χ1v) is 15.5. The van der Waals surface area contributed by atoms with Crippen LogP contribution in [-0.2, 0) is 30.5 Å². The highest BCUT2D eigenvalue weighted by Crippen LogP contribution is 2.53. The van der Waals surface area contributed by atoms with Gasteiger partial charge in [-0.15, -0.1) is 0 Å². The SMILES string of the molecule is O=P(O[SiH]1CCCCO1)(O[SiH]1CCCCO1)O[SiH]1CCCCO1. The van der Waals surface area contributed by atoms with Crippen molar-refractivity contribution in [3.05, 3.63) is 0 Å². The van der Waals surface area contributed by atoms with E-state index in [-0.39, 0.29) is 0 Å². The Morgan fingerprint density at radius 2 is 0.957 bits per heavy atom. The minimum absolute atomic E-state index is 0.686. The van der Waals surface area contributed by atoms with Crippen molar-refractivity contribution in [2.75, 3.05) is 19.8 Å². The Morgan fingerprint density at radius 1 is 0.609 bits per heavy atom. The first-order valence-electron chi connectivity index (χ1n) is 8.74. The van der Waals surface area contributed by atoms with Crippen LogP contribution in [-0.4, -0.2) is 47.7 Å². The second kappa shape index (κ2) is 9.37. The molecule has 0 aromatic rings. The molecule has 3 unspecified atom stereocenters. The van der Waals surface area contributed by atoms with Crippen molar-refractivity contribution in [1.29, 1.82) is 0 Å². The van der Waals surface area contributed by atoms with E-state index in [1.165, 1.54) is 0 Å². The standard InChI is InChI=1S/C12H27O7PSi3/c13-20(17-21-10-4-1-7-14-21,18-22-11-5-2-8-15-22)19-23-12-6-3-9-16-23/h21-23H,1-12H2. The summed E-state index contributed by atoms with van der Waals surface area (Å²) >= 11 is 0. The van der Waals surface area contributed by atoms with Crippen molar-refractivity contribution >= 4 is 35.7 Å². The van der Waals surface area contributed by atoms with E-state index in [0.717, 1.165) is 56.7 Å². The third-order valence-electron chi connectivity index (χ3n) is 4.15. The molecule has 7 nitrogen and oxygen atoms in total. The van der Waals surface area contributed by atoms with Crippen molar-refractivity contribution in [3.8, 4) is 0 Å². The van der Waals surface area contributed by atoms with Crippen LogP contribution in [0.15, 0.2) is 0 Å². The van der Waals surface area contributed by atoms with E-state index in [4.69, 9.17) is 25.9 Å². The summed E-state index contributed by atoms with van der Waals surface area (Å²) < 4.78 is 47.7. The molecule has 3 aliphatic heterocycles. The molecular formula is C12H27O7PSi3. The number of hydrogen-bond donors (Lipinski definition) is 0. The van der Waals surface area contributed by atoms with Gasteiger partial charge >= 0.3 is 35.7 Å². The molecular weight excluding hydrogens is 371 g/mol. The van der Waals surface area contributed by atoms with E-state index >= 15 is 0 Å². The Hall–Kier alpha value is 0.641. The lowest BCUT2D eigenvalue weighted by atomic mass is 10.4. The highest BCUT2D eigenvalue weighted by molar-refractivity contribution is 7.52. The van der Waals surface area contributed by atoms with Gasteiger partial charge in [-0.1, -0.05) is 0 Å². The van der Waals surface area contributed by atoms with E-state index < -0.39 is 35.7 Å². The zero-order chi connectivity index (χ0) is 16.0. The first kappa shape index (κ1) is 18.4. The molecule has 0 aromatic heterocycles. The van der Waals surface area contributed by atoms with E-state index in [1.807, 2.05) is 0 Å². The summed E-state index contributed by atoms with van der Waals surface area (Å²) in [6.45, 7) is 2.06. The zero-order valence-corrected chi connectivity index (χ0v) is 17.9. The lowest BCUT2D eigenvalue weighted by Gasteiger charge is -2.31. The van der Waals surface area contributed by atoms with Gasteiger partial charge in [0, 0.05) is 19.8 Å². The minimum Gasteiger partial charge on any atom is -0.396 e. The molecule has 134 valence electrons. The zero-order valence-electron chi connectivity index (χ0n) is 13.5. The molecule has 3 saturated heterocycles. The third-order valence-corrected chi connectivity index (χ3v) is 14.5. The van der Waals surface area contributed by atoms with E-state index in [0.29, 0.717) is 19.8 Å². The molecule has 3 fully saturated rings. The van der Waals surface area contributed by atoms with E-state index in [1.54, 1.807) is 0 Å². The lowest BCUT2D eigenvalue weighted by Crippen LogP contribution is -2.34. The van der Waals surface area contributed by atoms with Crippen LogP contribution in [0, 0.1) is 0 Å². The van der Waals surface area contributed by atoms with E-state index in [9.17, 15) is 4.57 Å². The molecule has 0 N–H and O–H groups in total. The van der Waals surface area contributed by atoms with Gasteiger partial charge in [0.05, 0.1) is 0 Å². The first-order chi connectivity index (χ1) is 11.2. The van der Waals surface area contributed by atoms with Crippen LogP contribution in [0.4, 0.5) is 0 Å². The van der Waals surface area contributed by atoms with Gasteiger partial charge in [0.15, 0.2) is 0 Å². The van der Waals surface area contributed by atoms with Crippen LogP contribution < -0.4 is 0 Å². The molecule has 3 heterocycles. The monoisotopic (exact) mass is 398 g/mol. The number of phosphoric acid groups is 1. The Morgan fingerprint density at radius 3 is 1.22 bits per heavy atom. The molecule has 23 heavy (non-hydrogen) atoms. The highest BCUT2D eigenvalue weighted by atomic mass is 31.2. The summed E-state index contributed by atoms with van der Waals surface area (Å²) in [5.41, 5.74) is 0. The topological polar surface area (TPSA) is 72.5 Å². The largest absolute Gasteiger partial charge is 0.450 e. The molecule has 3 aliphatic rings. The van der Waals surface area contributed by atoms with Gasteiger partial charge in [-0.05, 0) is 56.7 Å². The predicted octanol–water partition coefficient (Wildman–Crippen LogP) is 2.24. The van der Waals surface area contributed by atoms with Crippen molar-refractivity contribution < 1.29 is 30.5 Å². The van der Waals surface area contributed by atoms with Crippen LogP contribution >= 0.6 is 7.82 Å². The molecule has 11 heteroatoms. The Bertz CT molecular complexity index is 341. The fourth-order valence-corrected chi connectivity index (χ4v) is 13.9. The normalized spacial score (nSPS) is 35.6. The average molecular weight is 399 g/mol. The van der Waals surface area contributed by atoms with Crippen LogP contribution in [0.3, 0.4) is 0 Å². The molecule has 3 atom stereocenters. The summed E-state index contributed by atoms with van der Waals surface area (Å²) in [5, 5.41) is 0. The van der Waals surface area contributed by atoms with Gasteiger partial charge in [0.25, 0.3) is 0 Å². The van der Waals surface area contributed by atoms with Gasteiger partial charge < -0.3 is 25.9 Å².